The molecule has 5 heteroatoms. The summed E-state index contributed by atoms with van der Waals surface area (Å²) in [7, 11) is 0. The van der Waals surface area contributed by atoms with Crippen LogP contribution in [0, 0.1) is 5.41 Å². The molecule has 1 aromatic heterocycles. The molecule has 0 atom stereocenters. The Labute approximate surface area is 44.7 Å². The van der Waals surface area contributed by atoms with Gasteiger partial charge >= 0.3 is 0 Å². The predicted molar refractivity (Wildman–Crippen MR) is 23.1 cm³/mol. The largest absolute Gasteiger partial charge is 0.425 e. The van der Waals surface area contributed by atoms with E-state index in [1.807, 2.05) is 0 Å². The van der Waals surface area contributed by atoms with E-state index in [2.05, 4.69) is 10.2 Å². The molecule has 0 saturated heterocycles. The van der Waals surface area contributed by atoms with Crippen LogP contribution in [-0.2, 0) is 0 Å². The van der Waals surface area contributed by atoms with Crippen LogP contribution in [0.3, 0.4) is 0 Å². The Bertz CT molecular complexity index is 229. The average molecular weight is 112 g/mol. The molecule has 8 heavy (non-hydrogen) atoms. The first-order valence-corrected chi connectivity index (χ1v) is 1.94. The molecule has 0 bridgehead atoms. The molecule has 1 aromatic rings. The molecular formula is C3H4N4O. The van der Waals surface area contributed by atoms with E-state index in [9.17, 15) is 0 Å². The fraction of sp³-hybridized carbons (Fsp3) is 0. The van der Waals surface area contributed by atoms with E-state index in [0.29, 0.717) is 4.73 Å². The average Bonchev–Trinajstić information content (AvgIpc) is 1.77. The second-order valence-electron chi connectivity index (χ2n) is 1.21. The summed E-state index contributed by atoms with van der Waals surface area (Å²) in [6.45, 7) is 0. The highest BCUT2D eigenvalue weighted by atomic mass is 16.5. The Balaban J connectivity index is 3.35. The molecule has 0 aliphatic rings. The summed E-state index contributed by atoms with van der Waals surface area (Å²) in [4.78, 5) is 0. The molecule has 0 amide bonds. The first-order valence-electron chi connectivity index (χ1n) is 1.94. The van der Waals surface area contributed by atoms with E-state index in [1.54, 1.807) is 0 Å². The van der Waals surface area contributed by atoms with Gasteiger partial charge in [-0.05, 0) is 0 Å². The standard InChI is InChI=1S/C3H4N4O/c4-3-1-5-6-2-7(3)8/h1-2,4,8H. The summed E-state index contributed by atoms with van der Waals surface area (Å²) in [5.74, 6) is 0. The first kappa shape index (κ1) is 4.76. The van der Waals surface area contributed by atoms with Gasteiger partial charge in [0.25, 0.3) is 0 Å². The molecule has 0 aromatic carbocycles. The zero-order valence-electron chi connectivity index (χ0n) is 3.94. The van der Waals surface area contributed by atoms with Crippen LogP contribution in [0.15, 0.2) is 12.5 Å². The van der Waals surface area contributed by atoms with Crippen LogP contribution < -0.4 is 5.49 Å². The van der Waals surface area contributed by atoms with Gasteiger partial charge in [-0.1, -0.05) is 0 Å². The van der Waals surface area contributed by atoms with Crippen LogP contribution in [0.5, 0.6) is 0 Å². The third kappa shape index (κ3) is 0.651. The molecule has 0 fully saturated rings. The molecule has 0 spiro atoms. The Morgan fingerprint density at radius 2 is 2.38 bits per heavy atom. The first-order chi connectivity index (χ1) is 3.80. The van der Waals surface area contributed by atoms with Crippen molar-refractivity contribution < 1.29 is 5.21 Å². The van der Waals surface area contributed by atoms with E-state index in [-0.39, 0.29) is 5.49 Å². The number of nitrogens with zero attached hydrogens (tertiary/aromatic N) is 3. The van der Waals surface area contributed by atoms with Crippen LogP contribution in [0.1, 0.15) is 0 Å². The SMILES string of the molecule is N=c1cnncn1O. The summed E-state index contributed by atoms with van der Waals surface area (Å²) in [6.07, 6.45) is 2.18. The highest BCUT2D eigenvalue weighted by Gasteiger charge is 1.80. The van der Waals surface area contributed by atoms with Gasteiger partial charge in [0.15, 0.2) is 11.8 Å². The van der Waals surface area contributed by atoms with E-state index in [1.165, 1.54) is 0 Å². The smallest absolute Gasteiger partial charge is 0.182 e. The minimum Gasteiger partial charge on any atom is -0.425 e. The van der Waals surface area contributed by atoms with Crippen molar-refractivity contribution >= 4 is 0 Å². The van der Waals surface area contributed by atoms with E-state index >= 15 is 0 Å². The lowest BCUT2D eigenvalue weighted by Gasteiger charge is -1.88. The summed E-state index contributed by atoms with van der Waals surface area (Å²) in [5.41, 5.74) is -0.0833. The molecular weight excluding hydrogens is 108 g/mol. The third-order valence-electron chi connectivity index (χ3n) is 0.655. The topological polar surface area (TPSA) is 74.8 Å². The summed E-state index contributed by atoms with van der Waals surface area (Å²) < 4.78 is 0.576. The second kappa shape index (κ2) is 1.61. The molecule has 0 aliphatic carbocycles. The van der Waals surface area contributed by atoms with Crippen molar-refractivity contribution in [2.24, 2.45) is 0 Å². The van der Waals surface area contributed by atoms with Gasteiger partial charge < -0.3 is 5.21 Å². The van der Waals surface area contributed by atoms with Gasteiger partial charge in [0.1, 0.15) is 0 Å². The molecule has 0 aliphatic heterocycles. The van der Waals surface area contributed by atoms with Crippen molar-refractivity contribution in [1.29, 1.82) is 5.41 Å². The molecule has 0 unspecified atom stereocenters. The zero-order chi connectivity index (χ0) is 5.98. The highest BCUT2D eigenvalue weighted by molar-refractivity contribution is 4.61. The van der Waals surface area contributed by atoms with Crippen molar-refractivity contribution in [1.82, 2.24) is 14.9 Å². The third-order valence-corrected chi connectivity index (χ3v) is 0.655. The van der Waals surface area contributed by atoms with E-state index in [4.69, 9.17) is 10.6 Å². The van der Waals surface area contributed by atoms with Gasteiger partial charge in [-0.15, -0.1) is 5.10 Å². The van der Waals surface area contributed by atoms with Gasteiger partial charge in [0, 0.05) is 0 Å². The minimum absolute atomic E-state index is 0.0833. The van der Waals surface area contributed by atoms with Gasteiger partial charge in [-0.2, -0.15) is 9.83 Å². The van der Waals surface area contributed by atoms with Gasteiger partial charge in [0.05, 0.1) is 6.20 Å². The highest BCUT2D eigenvalue weighted by Crippen LogP contribution is 1.58. The Kier molecular flexibility index (Phi) is 0.957. The number of hydrogen-bond donors (Lipinski definition) is 2. The Morgan fingerprint density at radius 1 is 1.62 bits per heavy atom. The molecule has 1 heterocycles. The summed E-state index contributed by atoms with van der Waals surface area (Å²) in [5, 5.41) is 22.0. The van der Waals surface area contributed by atoms with E-state index < -0.39 is 0 Å². The lowest BCUT2D eigenvalue weighted by atomic mass is 10.8. The van der Waals surface area contributed by atoms with Crippen LogP contribution in [0.25, 0.3) is 0 Å². The van der Waals surface area contributed by atoms with E-state index in [0.717, 1.165) is 12.5 Å². The van der Waals surface area contributed by atoms with Crippen LogP contribution in [-0.4, -0.2) is 20.1 Å². The fourth-order valence-corrected chi connectivity index (χ4v) is 0.288. The number of nitrogens with one attached hydrogen (secondary N) is 1. The van der Waals surface area contributed by atoms with Crippen molar-refractivity contribution in [2.75, 3.05) is 0 Å². The Morgan fingerprint density at radius 3 is 2.75 bits per heavy atom. The minimum atomic E-state index is -0.0833. The summed E-state index contributed by atoms with van der Waals surface area (Å²) in [6, 6.07) is 0. The lowest BCUT2D eigenvalue weighted by Crippen LogP contribution is -2.17. The molecule has 42 valence electrons. The van der Waals surface area contributed by atoms with Crippen molar-refractivity contribution in [3.63, 3.8) is 0 Å². The van der Waals surface area contributed by atoms with Crippen LogP contribution >= 0.6 is 0 Å². The quantitative estimate of drug-likeness (QED) is 0.422. The summed E-state index contributed by atoms with van der Waals surface area (Å²) >= 11 is 0. The normalized spacial score (nSPS) is 9.00. The number of aromatic nitrogens is 3. The maximum Gasteiger partial charge on any atom is 0.182 e. The molecule has 0 saturated carbocycles. The van der Waals surface area contributed by atoms with Crippen molar-refractivity contribution in [3.8, 4) is 0 Å². The number of hydrogen-bond acceptors (Lipinski definition) is 4. The number of rotatable bonds is 0. The molecule has 0 radical (unpaired) electrons. The zero-order valence-corrected chi connectivity index (χ0v) is 3.94. The van der Waals surface area contributed by atoms with Crippen LogP contribution in [0.2, 0.25) is 0 Å². The van der Waals surface area contributed by atoms with Gasteiger partial charge in [-0.3, -0.25) is 5.41 Å². The maximum atomic E-state index is 8.55. The lowest BCUT2D eigenvalue weighted by molar-refractivity contribution is 0.164. The predicted octanol–water partition coefficient (Wildman–Crippen LogP) is -1.01. The monoisotopic (exact) mass is 112 g/mol. The van der Waals surface area contributed by atoms with Gasteiger partial charge in [0.2, 0.25) is 0 Å². The molecule has 1 rings (SSSR count). The fourth-order valence-electron chi connectivity index (χ4n) is 0.288. The van der Waals surface area contributed by atoms with Crippen LogP contribution in [0.4, 0.5) is 0 Å². The molecule has 2 N–H and O–H groups in total. The Hall–Kier alpha value is -1.39. The second-order valence-corrected chi connectivity index (χ2v) is 1.21. The van der Waals surface area contributed by atoms with Crippen molar-refractivity contribution in [3.05, 3.63) is 18.0 Å². The molecule has 5 nitrogen and oxygen atoms in total. The maximum absolute atomic E-state index is 8.55. The van der Waals surface area contributed by atoms with Gasteiger partial charge in [-0.25, -0.2) is 0 Å². The van der Waals surface area contributed by atoms with Crippen molar-refractivity contribution in [2.45, 2.75) is 0 Å².